The van der Waals surface area contributed by atoms with Gasteiger partial charge in [0.25, 0.3) is 0 Å². The van der Waals surface area contributed by atoms with Crippen LogP contribution in [-0.4, -0.2) is 24.5 Å². The molecule has 2 N–H and O–H groups in total. The SMILES string of the molecule is CC1CCCN(C(CN)c2c(Cl)cccc2Cl)CC1. The van der Waals surface area contributed by atoms with E-state index >= 15 is 0 Å². The number of hydrogen-bond acceptors (Lipinski definition) is 2. The van der Waals surface area contributed by atoms with Crippen molar-refractivity contribution in [1.82, 2.24) is 4.90 Å². The molecule has 2 rings (SSSR count). The molecule has 19 heavy (non-hydrogen) atoms. The van der Waals surface area contributed by atoms with Gasteiger partial charge in [-0.3, -0.25) is 4.90 Å². The average molecular weight is 301 g/mol. The van der Waals surface area contributed by atoms with E-state index in [9.17, 15) is 0 Å². The summed E-state index contributed by atoms with van der Waals surface area (Å²) in [6.07, 6.45) is 3.74. The summed E-state index contributed by atoms with van der Waals surface area (Å²) in [5.74, 6) is 0.796. The fraction of sp³-hybridized carbons (Fsp3) is 0.600. The molecular weight excluding hydrogens is 279 g/mol. The van der Waals surface area contributed by atoms with E-state index in [0.29, 0.717) is 6.54 Å². The number of rotatable bonds is 3. The molecule has 0 amide bonds. The number of hydrogen-bond donors (Lipinski definition) is 1. The summed E-state index contributed by atoms with van der Waals surface area (Å²) in [7, 11) is 0. The first-order chi connectivity index (χ1) is 9.13. The minimum Gasteiger partial charge on any atom is -0.329 e. The lowest BCUT2D eigenvalue weighted by molar-refractivity contribution is 0.208. The van der Waals surface area contributed by atoms with E-state index in [0.717, 1.165) is 34.6 Å². The van der Waals surface area contributed by atoms with Gasteiger partial charge in [-0.15, -0.1) is 0 Å². The number of nitrogens with zero attached hydrogens (tertiary/aromatic N) is 1. The first-order valence-corrected chi connectivity index (χ1v) is 7.77. The van der Waals surface area contributed by atoms with Crippen LogP contribution in [0.5, 0.6) is 0 Å². The van der Waals surface area contributed by atoms with Gasteiger partial charge in [-0.1, -0.05) is 36.2 Å². The van der Waals surface area contributed by atoms with Crippen LogP contribution in [0.4, 0.5) is 0 Å². The van der Waals surface area contributed by atoms with E-state index < -0.39 is 0 Å². The molecule has 4 heteroatoms. The van der Waals surface area contributed by atoms with Gasteiger partial charge in [0.2, 0.25) is 0 Å². The van der Waals surface area contributed by atoms with Crippen molar-refractivity contribution in [2.24, 2.45) is 11.7 Å². The van der Waals surface area contributed by atoms with E-state index in [2.05, 4.69) is 11.8 Å². The molecule has 2 atom stereocenters. The van der Waals surface area contributed by atoms with Gasteiger partial charge in [0.1, 0.15) is 0 Å². The Balaban J connectivity index is 2.24. The summed E-state index contributed by atoms with van der Waals surface area (Å²) < 4.78 is 0. The van der Waals surface area contributed by atoms with Crippen LogP contribution in [0.3, 0.4) is 0 Å². The number of likely N-dealkylation sites (tertiary alicyclic amines) is 1. The van der Waals surface area contributed by atoms with Crippen molar-refractivity contribution in [3.8, 4) is 0 Å². The van der Waals surface area contributed by atoms with Gasteiger partial charge in [-0.25, -0.2) is 0 Å². The molecule has 1 aromatic rings. The monoisotopic (exact) mass is 300 g/mol. The van der Waals surface area contributed by atoms with E-state index in [4.69, 9.17) is 28.9 Å². The van der Waals surface area contributed by atoms with E-state index in [1.807, 2.05) is 18.2 Å². The highest BCUT2D eigenvalue weighted by atomic mass is 35.5. The van der Waals surface area contributed by atoms with Gasteiger partial charge in [0.15, 0.2) is 0 Å². The molecule has 0 aliphatic carbocycles. The van der Waals surface area contributed by atoms with Crippen LogP contribution in [0.15, 0.2) is 18.2 Å². The molecule has 0 radical (unpaired) electrons. The summed E-state index contributed by atoms with van der Waals surface area (Å²) in [6.45, 7) is 5.03. The third-order valence-electron chi connectivity index (χ3n) is 4.05. The van der Waals surface area contributed by atoms with Gasteiger partial charge in [-0.2, -0.15) is 0 Å². The Labute approximate surface area is 125 Å². The molecule has 106 valence electrons. The molecule has 0 spiro atoms. The van der Waals surface area contributed by atoms with Crippen LogP contribution in [-0.2, 0) is 0 Å². The third-order valence-corrected chi connectivity index (χ3v) is 4.71. The molecule has 1 heterocycles. The molecule has 0 bridgehead atoms. The largest absolute Gasteiger partial charge is 0.329 e. The Morgan fingerprint density at radius 1 is 1.26 bits per heavy atom. The van der Waals surface area contributed by atoms with Gasteiger partial charge < -0.3 is 5.73 Å². The topological polar surface area (TPSA) is 29.3 Å². The number of benzene rings is 1. The Morgan fingerprint density at radius 3 is 2.58 bits per heavy atom. The van der Waals surface area contributed by atoms with Crippen molar-refractivity contribution >= 4 is 23.2 Å². The summed E-state index contributed by atoms with van der Waals surface area (Å²) in [5.41, 5.74) is 6.99. The highest BCUT2D eigenvalue weighted by Gasteiger charge is 2.25. The van der Waals surface area contributed by atoms with Crippen LogP contribution in [0, 0.1) is 5.92 Å². The zero-order valence-electron chi connectivity index (χ0n) is 11.4. The summed E-state index contributed by atoms with van der Waals surface area (Å²) in [4.78, 5) is 2.44. The molecule has 1 aliphatic heterocycles. The zero-order valence-corrected chi connectivity index (χ0v) is 12.9. The standard InChI is InChI=1S/C15H22Cl2N2/c1-11-4-3-8-19(9-7-11)14(10-18)15-12(16)5-2-6-13(15)17/h2,5-6,11,14H,3-4,7-10,18H2,1H3. The second-order valence-corrected chi connectivity index (χ2v) is 6.27. The predicted octanol–water partition coefficient (Wildman–Crippen LogP) is 4.12. The van der Waals surface area contributed by atoms with Crippen LogP contribution < -0.4 is 5.73 Å². The molecule has 1 aliphatic rings. The van der Waals surface area contributed by atoms with Crippen LogP contribution in [0.25, 0.3) is 0 Å². The van der Waals surface area contributed by atoms with Crippen molar-refractivity contribution in [1.29, 1.82) is 0 Å². The van der Waals surface area contributed by atoms with E-state index in [1.165, 1.54) is 19.3 Å². The first-order valence-electron chi connectivity index (χ1n) is 7.01. The van der Waals surface area contributed by atoms with Crippen LogP contribution >= 0.6 is 23.2 Å². The fourth-order valence-corrected chi connectivity index (χ4v) is 3.52. The van der Waals surface area contributed by atoms with Crippen molar-refractivity contribution in [3.63, 3.8) is 0 Å². The lowest BCUT2D eigenvalue weighted by atomic mass is 10.0. The molecule has 0 saturated carbocycles. The summed E-state index contributed by atoms with van der Waals surface area (Å²) in [6, 6.07) is 5.80. The summed E-state index contributed by atoms with van der Waals surface area (Å²) >= 11 is 12.7. The smallest absolute Gasteiger partial charge is 0.0500 e. The van der Waals surface area contributed by atoms with Gasteiger partial charge in [-0.05, 0) is 50.4 Å². The normalized spacial score (nSPS) is 23.1. The molecular formula is C15H22Cl2N2. The molecule has 1 saturated heterocycles. The zero-order chi connectivity index (χ0) is 13.8. The predicted molar refractivity (Wildman–Crippen MR) is 82.8 cm³/mol. The molecule has 0 aromatic heterocycles. The Kier molecular flexibility index (Phi) is 5.52. The lowest BCUT2D eigenvalue weighted by Crippen LogP contribution is -2.35. The van der Waals surface area contributed by atoms with Crippen molar-refractivity contribution in [2.45, 2.75) is 32.2 Å². The summed E-state index contributed by atoms with van der Waals surface area (Å²) in [5, 5.41) is 1.44. The Bertz CT molecular complexity index is 402. The van der Waals surface area contributed by atoms with Crippen molar-refractivity contribution in [3.05, 3.63) is 33.8 Å². The minimum absolute atomic E-state index is 0.131. The first kappa shape index (κ1) is 15.1. The molecule has 2 nitrogen and oxygen atoms in total. The second-order valence-electron chi connectivity index (χ2n) is 5.46. The maximum Gasteiger partial charge on any atom is 0.0500 e. The molecule has 1 fully saturated rings. The maximum atomic E-state index is 6.33. The maximum absolute atomic E-state index is 6.33. The number of nitrogens with two attached hydrogens (primary N) is 1. The van der Waals surface area contributed by atoms with Gasteiger partial charge in [0.05, 0.1) is 0 Å². The molecule has 1 aromatic carbocycles. The third kappa shape index (κ3) is 3.63. The van der Waals surface area contributed by atoms with Crippen molar-refractivity contribution in [2.75, 3.05) is 19.6 Å². The number of halogens is 2. The van der Waals surface area contributed by atoms with Crippen LogP contribution in [0.2, 0.25) is 10.0 Å². The molecule has 2 unspecified atom stereocenters. The van der Waals surface area contributed by atoms with Crippen LogP contribution in [0.1, 0.15) is 37.8 Å². The average Bonchev–Trinajstić information content (AvgIpc) is 2.59. The minimum atomic E-state index is 0.131. The van der Waals surface area contributed by atoms with E-state index in [-0.39, 0.29) is 6.04 Å². The highest BCUT2D eigenvalue weighted by Crippen LogP contribution is 2.34. The lowest BCUT2D eigenvalue weighted by Gasteiger charge is -2.31. The van der Waals surface area contributed by atoms with Gasteiger partial charge in [0, 0.05) is 28.2 Å². The van der Waals surface area contributed by atoms with Crippen molar-refractivity contribution < 1.29 is 0 Å². The second kappa shape index (κ2) is 6.94. The van der Waals surface area contributed by atoms with E-state index in [1.54, 1.807) is 0 Å². The highest BCUT2D eigenvalue weighted by molar-refractivity contribution is 6.36. The Morgan fingerprint density at radius 2 is 1.95 bits per heavy atom. The quantitative estimate of drug-likeness (QED) is 0.910. The Hall–Kier alpha value is -0.280. The van der Waals surface area contributed by atoms with Gasteiger partial charge >= 0.3 is 0 Å². The fourth-order valence-electron chi connectivity index (χ4n) is 2.88.